The third-order valence-electron chi connectivity index (χ3n) is 7.65. The standard InChI is InChI=1S/C21H26Br2N6O3/c1-2-27-17(15(22)9-25-27)10-24-18(30)8-20-4-13-3-14(5-20)7-21(6-13,12-20)28-11-16(23)19(26-28)29(31)32/h9,11,13-14H,2-8,10,12H2,1H3,(H,24,30). The number of hydrogen-bond acceptors (Lipinski definition) is 5. The molecule has 9 nitrogen and oxygen atoms in total. The molecule has 0 saturated heterocycles. The van der Waals surface area contributed by atoms with E-state index in [1.165, 1.54) is 6.42 Å². The van der Waals surface area contributed by atoms with Gasteiger partial charge in [0.1, 0.15) is 4.47 Å². The molecule has 0 spiro atoms. The smallest absolute Gasteiger partial charge is 0.358 e. The summed E-state index contributed by atoms with van der Waals surface area (Å²) in [5, 5.41) is 23.1. The molecule has 2 aromatic heterocycles. The minimum absolute atomic E-state index is 0.0606. The molecule has 6 rings (SSSR count). The minimum atomic E-state index is -0.441. The van der Waals surface area contributed by atoms with Gasteiger partial charge in [0.05, 0.1) is 39.7 Å². The van der Waals surface area contributed by atoms with Crippen LogP contribution in [0, 0.1) is 27.4 Å². The number of nitro groups is 1. The van der Waals surface area contributed by atoms with Gasteiger partial charge in [0.25, 0.3) is 0 Å². The fourth-order valence-electron chi connectivity index (χ4n) is 7.01. The van der Waals surface area contributed by atoms with Crippen LogP contribution in [0.4, 0.5) is 5.82 Å². The maximum absolute atomic E-state index is 13.0. The van der Waals surface area contributed by atoms with Crippen molar-refractivity contribution in [2.45, 2.75) is 70.5 Å². The van der Waals surface area contributed by atoms with E-state index in [1.54, 1.807) is 12.4 Å². The van der Waals surface area contributed by atoms with Crippen molar-refractivity contribution in [2.75, 3.05) is 0 Å². The third kappa shape index (κ3) is 3.70. The highest BCUT2D eigenvalue weighted by atomic mass is 79.9. The average Bonchev–Trinajstić information content (AvgIpc) is 3.27. The van der Waals surface area contributed by atoms with Crippen molar-refractivity contribution < 1.29 is 9.72 Å². The van der Waals surface area contributed by atoms with Crippen LogP contribution in [0.5, 0.6) is 0 Å². The van der Waals surface area contributed by atoms with E-state index in [1.807, 2.05) is 16.3 Å². The summed E-state index contributed by atoms with van der Waals surface area (Å²) in [4.78, 5) is 24.0. The maximum atomic E-state index is 13.0. The van der Waals surface area contributed by atoms with Crippen molar-refractivity contribution in [1.82, 2.24) is 24.9 Å². The number of aromatic nitrogens is 4. The topological polar surface area (TPSA) is 108 Å². The minimum Gasteiger partial charge on any atom is -0.358 e. The van der Waals surface area contributed by atoms with E-state index in [4.69, 9.17) is 0 Å². The maximum Gasteiger partial charge on any atom is 0.404 e. The molecule has 4 aliphatic rings. The van der Waals surface area contributed by atoms with Gasteiger partial charge in [-0.25, -0.2) is 0 Å². The molecule has 2 heterocycles. The van der Waals surface area contributed by atoms with Gasteiger partial charge in [0, 0.05) is 13.0 Å². The summed E-state index contributed by atoms with van der Waals surface area (Å²) in [6, 6.07) is 0. The first-order chi connectivity index (χ1) is 15.2. The first kappa shape index (κ1) is 22.1. The Morgan fingerprint density at radius 1 is 1.28 bits per heavy atom. The molecule has 2 unspecified atom stereocenters. The van der Waals surface area contributed by atoms with Crippen molar-refractivity contribution in [2.24, 2.45) is 17.3 Å². The van der Waals surface area contributed by atoms with E-state index in [-0.39, 0.29) is 22.7 Å². The SMILES string of the molecule is CCn1ncc(Br)c1CNC(=O)CC12CC3CC(C1)CC(n1cc(Br)c([N+](=O)[O-])n1)(C3)C2. The lowest BCUT2D eigenvalue weighted by molar-refractivity contribution is -0.390. The van der Waals surface area contributed by atoms with E-state index in [0.717, 1.165) is 48.8 Å². The van der Waals surface area contributed by atoms with Crippen LogP contribution < -0.4 is 5.32 Å². The number of aryl methyl sites for hydroxylation is 1. The van der Waals surface area contributed by atoms with Gasteiger partial charge in [-0.05, 0) is 99.5 Å². The van der Waals surface area contributed by atoms with Gasteiger partial charge in [-0.15, -0.1) is 0 Å². The van der Waals surface area contributed by atoms with Gasteiger partial charge in [-0.3, -0.25) is 9.48 Å². The second kappa shape index (κ2) is 7.93. The van der Waals surface area contributed by atoms with Crippen molar-refractivity contribution in [3.63, 3.8) is 0 Å². The zero-order valence-electron chi connectivity index (χ0n) is 17.9. The Morgan fingerprint density at radius 2 is 2.00 bits per heavy atom. The van der Waals surface area contributed by atoms with E-state index in [0.29, 0.717) is 29.3 Å². The molecule has 2 atom stereocenters. The Kier molecular flexibility index (Phi) is 5.47. The number of nitrogens with one attached hydrogen (secondary N) is 1. The molecule has 0 aliphatic heterocycles. The zero-order chi connectivity index (χ0) is 22.7. The number of amides is 1. The lowest BCUT2D eigenvalue weighted by Crippen LogP contribution is -2.57. The molecule has 172 valence electrons. The van der Waals surface area contributed by atoms with Crippen LogP contribution in [0.2, 0.25) is 0 Å². The Hall–Kier alpha value is -1.75. The first-order valence-corrected chi connectivity index (χ1v) is 12.7. The average molecular weight is 570 g/mol. The number of carbonyl (C=O) groups is 1. The second-order valence-corrected chi connectivity index (χ2v) is 11.6. The van der Waals surface area contributed by atoms with Crippen LogP contribution in [-0.4, -0.2) is 30.4 Å². The van der Waals surface area contributed by atoms with Gasteiger partial charge < -0.3 is 15.4 Å². The van der Waals surface area contributed by atoms with Crippen LogP contribution in [0.25, 0.3) is 0 Å². The number of halogens is 2. The molecule has 1 amide bonds. The van der Waals surface area contributed by atoms with E-state index < -0.39 is 4.92 Å². The largest absolute Gasteiger partial charge is 0.404 e. The fraction of sp³-hybridized carbons (Fsp3) is 0.667. The highest BCUT2D eigenvalue weighted by Gasteiger charge is 2.60. The molecular formula is C21H26Br2N6O3. The van der Waals surface area contributed by atoms with Crippen molar-refractivity contribution in [3.8, 4) is 0 Å². The van der Waals surface area contributed by atoms with E-state index in [9.17, 15) is 14.9 Å². The normalized spacial score (nSPS) is 30.6. The molecular weight excluding hydrogens is 544 g/mol. The second-order valence-electron chi connectivity index (χ2n) is 9.90. The predicted octanol–water partition coefficient (Wildman–Crippen LogP) is 4.53. The Labute approximate surface area is 202 Å². The molecule has 0 radical (unpaired) electrons. The Bertz CT molecular complexity index is 1070. The van der Waals surface area contributed by atoms with Gasteiger partial charge in [-0.2, -0.15) is 9.78 Å². The van der Waals surface area contributed by atoms with Crippen LogP contribution in [0.3, 0.4) is 0 Å². The summed E-state index contributed by atoms with van der Waals surface area (Å²) in [5.41, 5.74) is 0.672. The third-order valence-corrected chi connectivity index (χ3v) is 8.87. The summed E-state index contributed by atoms with van der Waals surface area (Å²) < 4.78 is 5.05. The fourth-order valence-corrected chi connectivity index (χ4v) is 7.86. The van der Waals surface area contributed by atoms with Gasteiger partial charge >= 0.3 is 5.82 Å². The quantitative estimate of drug-likeness (QED) is 0.389. The molecule has 4 fully saturated rings. The molecule has 11 heteroatoms. The highest BCUT2D eigenvalue weighted by molar-refractivity contribution is 9.10. The summed E-state index contributed by atoms with van der Waals surface area (Å²) in [7, 11) is 0. The van der Waals surface area contributed by atoms with E-state index >= 15 is 0 Å². The van der Waals surface area contributed by atoms with Crippen LogP contribution in [0.15, 0.2) is 21.3 Å². The highest BCUT2D eigenvalue weighted by Crippen LogP contribution is 2.65. The Morgan fingerprint density at radius 3 is 2.62 bits per heavy atom. The summed E-state index contributed by atoms with van der Waals surface area (Å²) in [5.74, 6) is 1.01. The van der Waals surface area contributed by atoms with Gasteiger partial charge in [0.2, 0.25) is 5.91 Å². The summed E-state index contributed by atoms with van der Waals surface area (Å²) in [6.07, 6.45) is 10.1. The molecule has 4 bridgehead atoms. The molecule has 4 aliphatic carbocycles. The van der Waals surface area contributed by atoms with Crippen LogP contribution >= 0.6 is 31.9 Å². The van der Waals surface area contributed by atoms with Gasteiger partial charge in [0.15, 0.2) is 0 Å². The number of rotatable bonds is 7. The van der Waals surface area contributed by atoms with Crippen LogP contribution in [-0.2, 0) is 23.4 Å². The number of carbonyl (C=O) groups excluding carboxylic acids is 1. The monoisotopic (exact) mass is 568 g/mol. The van der Waals surface area contributed by atoms with Crippen LogP contribution in [0.1, 0.15) is 57.6 Å². The lowest BCUT2D eigenvalue weighted by Gasteiger charge is -2.61. The summed E-state index contributed by atoms with van der Waals surface area (Å²) in [6.45, 7) is 3.22. The Balaban J connectivity index is 1.34. The molecule has 2 aromatic rings. The summed E-state index contributed by atoms with van der Waals surface area (Å²) >= 11 is 6.82. The molecule has 4 saturated carbocycles. The molecule has 1 N–H and O–H groups in total. The number of nitrogens with zero attached hydrogens (tertiary/aromatic N) is 5. The number of hydrogen-bond donors (Lipinski definition) is 1. The predicted molar refractivity (Wildman–Crippen MR) is 124 cm³/mol. The molecule has 0 aromatic carbocycles. The van der Waals surface area contributed by atoms with Gasteiger partial charge in [-0.1, -0.05) is 0 Å². The molecule has 32 heavy (non-hydrogen) atoms. The van der Waals surface area contributed by atoms with Crippen molar-refractivity contribution in [3.05, 3.63) is 37.1 Å². The zero-order valence-corrected chi connectivity index (χ0v) is 21.1. The van der Waals surface area contributed by atoms with E-state index in [2.05, 4.69) is 47.4 Å². The first-order valence-electron chi connectivity index (χ1n) is 11.1. The van der Waals surface area contributed by atoms with Crippen molar-refractivity contribution >= 4 is 43.6 Å². The lowest BCUT2D eigenvalue weighted by atomic mass is 9.46. The van der Waals surface area contributed by atoms with Crippen molar-refractivity contribution in [1.29, 1.82) is 0 Å².